The Bertz CT molecular complexity index is 1600. The van der Waals surface area contributed by atoms with Gasteiger partial charge in [-0.05, 0) is 86.5 Å². The Morgan fingerprint density at radius 1 is 1.09 bits per heavy atom. The number of hydrogen-bond donors (Lipinski definition) is 3. The Morgan fingerprint density at radius 2 is 1.79 bits per heavy atom. The summed E-state index contributed by atoms with van der Waals surface area (Å²) in [6.45, 7) is 15.0. The maximum Gasteiger partial charge on any atom is 0.225 e. The summed E-state index contributed by atoms with van der Waals surface area (Å²) in [6, 6.07) is 0. The Labute approximate surface area is 257 Å². The van der Waals surface area contributed by atoms with Crippen LogP contribution in [0.25, 0.3) is 27.1 Å². The number of piperidine rings is 1. The van der Waals surface area contributed by atoms with Gasteiger partial charge in [-0.25, -0.2) is 9.50 Å². The number of hydrogen-bond acceptors (Lipinski definition) is 7. The van der Waals surface area contributed by atoms with Crippen molar-refractivity contribution in [3.8, 4) is 11.3 Å². The fourth-order valence-corrected chi connectivity index (χ4v) is 8.93. The molecule has 0 unspecified atom stereocenters. The zero-order chi connectivity index (χ0) is 30.4. The van der Waals surface area contributed by atoms with Crippen molar-refractivity contribution < 1.29 is 15.0 Å². The number of likely N-dealkylation sites (tertiary alicyclic amines) is 1. The molecule has 1 aliphatic carbocycles. The topological polar surface area (TPSA) is 110 Å². The van der Waals surface area contributed by atoms with Gasteiger partial charge in [0, 0.05) is 60.7 Å². The first-order chi connectivity index (χ1) is 20.7. The van der Waals surface area contributed by atoms with Crippen molar-refractivity contribution in [1.82, 2.24) is 29.4 Å². The van der Waals surface area contributed by atoms with Crippen LogP contribution in [0.1, 0.15) is 78.5 Å². The van der Waals surface area contributed by atoms with Gasteiger partial charge in [-0.2, -0.15) is 5.10 Å². The number of aliphatic hydroxyl groups is 2. The van der Waals surface area contributed by atoms with E-state index in [4.69, 9.17) is 0 Å². The number of nitrogens with zero attached hydrogens (tertiary/aromatic N) is 5. The first-order valence-corrected chi connectivity index (χ1v) is 16.7. The molecule has 3 N–H and O–H groups in total. The van der Waals surface area contributed by atoms with Gasteiger partial charge in [-0.3, -0.25) is 9.69 Å². The maximum atomic E-state index is 13.3. The number of aromatic nitrogens is 4. The van der Waals surface area contributed by atoms with Crippen LogP contribution < -0.4 is 0 Å². The largest absolute Gasteiger partial charge is 0.395 e. The van der Waals surface area contributed by atoms with Crippen molar-refractivity contribution >= 4 is 33.1 Å². The minimum atomic E-state index is 0.0998. The highest BCUT2D eigenvalue weighted by Crippen LogP contribution is 2.47. The van der Waals surface area contributed by atoms with Crippen LogP contribution in [0.4, 0.5) is 0 Å². The minimum absolute atomic E-state index is 0.0998. The molecule has 2 aliphatic rings. The van der Waals surface area contributed by atoms with Crippen LogP contribution in [0, 0.1) is 32.6 Å². The molecule has 1 saturated carbocycles. The van der Waals surface area contributed by atoms with Gasteiger partial charge in [-0.15, -0.1) is 11.3 Å². The molecule has 10 heteroatoms. The molecule has 0 atom stereocenters. The summed E-state index contributed by atoms with van der Waals surface area (Å²) in [5.74, 6) is 1.77. The van der Waals surface area contributed by atoms with E-state index in [1.807, 2.05) is 15.9 Å². The van der Waals surface area contributed by atoms with E-state index in [2.05, 4.69) is 65.7 Å². The zero-order valence-electron chi connectivity index (χ0n) is 26.2. The Morgan fingerprint density at radius 3 is 2.44 bits per heavy atom. The maximum absolute atomic E-state index is 13.3. The molecule has 1 saturated heterocycles. The molecule has 1 amide bonds. The number of nitrogens with one attached hydrogen (secondary N) is 1. The monoisotopic (exact) mass is 606 g/mol. The number of aromatic amines is 1. The lowest BCUT2D eigenvalue weighted by Crippen LogP contribution is -2.47. The lowest BCUT2D eigenvalue weighted by molar-refractivity contribution is -0.141. The van der Waals surface area contributed by atoms with Gasteiger partial charge >= 0.3 is 0 Å². The van der Waals surface area contributed by atoms with Crippen molar-refractivity contribution in [3.63, 3.8) is 0 Å². The number of thiophene rings is 1. The van der Waals surface area contributed by atoms with Gasteiger partial charge in [0.2, 0.25) is 5.91 Å². The van der Waals surface area contributed by atoms with Crippen molar-refractivity contribution in [2.75, 3.05) is 45.9 Å². The fourth-order valence-electron chi connectivity index (χ4n) is 7.53. The van der Waals surface area contributed by atoms with Gasteiger partial charge < -0.3 is 20.1 Å². The van der Waals surface area contributed by atoms with E-state index in [1.165, 1.54) is 43.0 Å². The number of fused-ring (bicyclic) bond motifs is 2. The van der Waals surface area contributed by atoms with Gasteiger partial charge in [0.1, 0.15) is 11.2 Å². The standard InChI is InChI=1S/C33H46N6O3S/c1-19(2)27-28-22(5)30(43-32(28)36-29(27)26-17-39-31(34-18-35-39)21(4)20(26)3)24-6-8-38(9-7-24)33(42)25-14-23(15-25)16-37(10-12-40)11-13-41/h17-19,23-25,36,40-41H,6-16H2,1-5H3. The molecule has 0 radical (unpaired) electrons. The van der Waals surface area contributed by atoms with E-state index in [0.29, 0.717) is 36.8 Å². The van der Waals surface area contributed by atoms with Crippen LogP contribution in [0.15, 0.2) is 12.5 Å². The Balaban J connectivity index is 1.15. The summed E-state index contributed by atoms with van der Waals surface area (Å²) in [6.07, 6.45) is 7.60. The summed E-state index contributed by atoms with van der Waals surface area (Å²) in [4.78, 5) is 28.5. The first kappa shape index (κ1) is 30.2. The van der Waals surface area contributed by atoms with Crippen molar-refractivity contribution in [2.24, 2.45) is 11.8 Å². The Kier molecular flexibility index (Phi) is 8.65. The SMILES string of the molecule is Cc1c(-c2[nH]c3sc(C4CCN(C(=O)C5CC(CN(CCO)CCO)C5)CC4)c(C)c3c2C(C)C)cn2ncnc2c1C. The molecule has 0 spiro atoms. The molecule has 5 heterocycles. The minimum Gasteiger partial charge on any atom is -0.395 e. The number of H-pyrrole nitrogens is 1. The third-order valence-corrected chi connectivity index (χ3v) is 11.4. The third-order valence-electron chi connectivity index (χ3n) is 10.0. The quantitative estimate of drug-likeness (QED) is 0.234. The second-order valence-corrected chi connectivity index (χ2v) is 14.1. The predicted molar refractivity (Wildman–Crippen MR) is 172 cm³/mol. The van der Waals surface area contributed by atoms with Crippen LogP contribution in [0.3, 0.4) is 0 Å². The molecule has 1 aliphatic heterocycles. The summed E-state index contributed by atoms with van der Waals surface area (Å²) < 4.78 is 1.89. The molecule has 43 heavy (non-hydrogen) atoms. The lowest BCUT2D eigenvalue weighted by atomic mass is 9.73. The van der Waals surface area contributed by atoms with Gasteiger partial charge in [0.05, 0.1) is 18.9 Å². The highest BCUT2D eigenvalue weighted by Gasteiger charge is 2.39. The van der Waals surface area contributed by atoms with E-state index in [9.17, 15) is 15.0 Å². The van der Waals surface area contributed by atoms with Gasteiger partial charge in [0.15, 0.2) is 5.65 Å². The van der Waals surface area contributed by atoms with Crippen molar-refractivity contribution in [2.45, 2.75) is 72.1 Å². The smallest absolute Gasteiger partial charge is 0.225 e. The van der Waals surface area contributed by atoms with Crippen LogP contribution in [-0.2, 0) is 4.79 Å². The highest BCUT2D eigenvalue weighted by atomic mass is 32.1. The molecule has 6 rings (SSSR count). The average Bonchev–Trinajstić information content (AvgIpc) is 3.67. The number of carbonyl (C=O) groups excluding carboxylic acids is 1. The molecule has 0 bridgehead atoms. The zero-order valence-corrected chi connectivity index (χ0v) is 27.0. The molecular formula is C33H46N6O3S. The Hall–Kier alpha value is -2.79. The van der Waals surface area contributed by atoms with E-state index in [0.717, 1.165) is 56.5 Å². The molecule has 2 fully saturated rings. The number of amides is 1. The van der Waals surface area contributed by atoms with E-state index in [-0.39, 0.29) is 19.1 Å². The second kappa shape index (κ2) is 12.3. The predicted octanol–water partition coefficient (Wildman–Crippen LogP) is 5.01. The van der Waals surface area contributed by atoms with Gasteiger partial charge in [0.25, 0.3) is 0 Å². The molecule has 232 valence electrons. The van der Waals surface area contributed by atoms with Crippen LogP contribution in [-0.4, -0.2) is 91.4 Å². The average molecular weight is 607 g/mol. The van der Waals surface area contributed by atoms with Crippen LogP contribution in [0.5, 0.6) is 0 Å². The molecule has 4 aromatic heterocycles. The van der Waals surface area contributed by atoms with E-state index in [1.54, 1.807) is 6.33 Å². The first-order valence-electron chi connectivity index (χ1n) is 15.9. The third kappa shape index (κ3) is 5.52. The number of aliphatic hydroxyl groups excluding tert-OH is 2. The number of aryl methyl sites for hydroxylation is 2. The molecule has 4 aromatic rings. The molecule has 0 aromatic carbocycles. The normalized spacial score (nSPS) is 19.8. The highest BCUT2D eigenvalue weighted by molar-refractivity contribution is 7.19. The molecular weight excluding hydrogens is 560 g/mol. The number of carbonyl (C=O) groups is 1. The fraction of sp³-hybridized carbons (Fsp3) is 0.606. The molecule has 9 nitrogen and oxygen atoms in total. The lowest BCUT2D eigenvalue weighted by Gasteiger charge is -2.41. The van der Waals surface area contributed by atoms with Crippen LogP contribution in [0.2, 0.25) is 0 Å². The number of rotatable bonds is 10. The van der Waals surface area contributed by atoms with Crippen molar-refractivity contribution in [1.29, 1.82) is 0 Å². The second-order valence-electron chi connectivity index (χ2n) is 13.1. The summed E-state index contributed by atoms with van der Waals surface area (Å²) in [5, 5.41) is 24.4. The van der Waals surface area contributed by atoms with Gasteiger partial charge in [-0.1, -0.05) is 13.8 Å². The summed E-state index contributed by atoms with van der Waals surface area (Å²) in [7, 11) is 0. The van der Waals surface area contributed by atoms with Crippen LogP contribution >= 0.6 is 11.3 Å². The summed E-state index contributed by atoms with van der Waals surface area (Å²) in [5.41, 5.74) is 8.44. The van der Waals surface area contributed by atoms with E-state index < -0.39 is 0 Å². The number of pyridine rings is 1. The van der Waals surface area contributed by atoms with Crippen molar-refractivity contribution in [3.05, 3.63) is 39.7 Å². The van der Waals surface area contributed by atoms with E-state index >= 15 is 0 Å². The summed E-state index contributed by atoms with van der Waals surface area (Å²) >= 11 is 1.90.